The number of aromatic nitrogens is 6. The molecule has 3 aromatic rings. The second-order valence-electron chi connectivity index (χ2n) is 3.64. The van der Waals surface area contributed by atoms with E-state index in [9.17, 15) is 4.79 Å². The maximum Gasteiger partial charge on any atom is 0.356 e. The lowest BCUT2D eigenvalue weighted by atomic mass is 10.5. The van der Waals surface area contributed by atoms with E-state index in [1.165, 1.54) is 16.9 Å². The fourth-order valence-corrected chi connectivity index (χ4v) is 1.65. The van der Waals surface area contributed by atoms with Gasteiger partial charge in [-0.15, -0.1) is 10.2 Å². The lowest BCUT2D eigenvalue weighted by Gasteiger charge is -2.01. The molecule has 3 rings (SSSR count). The number of aryl methyl sites for hydroxylation is 1. The molecule has 0 fully saturated rings. The van der Waals surface area contributed by atoms with E-state index >= 15 is 0 Å². The van der Waals surface area contributed by atoms with E-state index in [1.807, 2.05) is 6.92 Å². The van der Waals surface area contributed by atoms with Gasteiger partial charge in [-0.3, -0.25) is 4.40 Å². The van der Waals surface area contributed by atoms with E-state index in [0.29, 0.717) is 11.5 Å². The number of nitrogens with zero attached hydrogens (tertiary/aromatic N) is 6. The van der Waals surface area contributed by atoms with Crippen molar-refractivity contribution in [2.45, 2.75) is 6.92 Å². The van der Waals surface area contributed by atoms with Gasteiger partial charge in [-0.05, 0) is 13.0 Å². The van der Waals surface area contributed by atoms with Crippen molar-refractivity contribution in [3.8, 4) is 5.82 Å². The number of carboxylic acids is 1. The first kappa shape index (κ1) is 10.4. The molecule has 1 N–H and O–H groups in total. The van der Waals surface area contributed by atoms with Crippen LogP contribution < -0.4 is 0 Å². The van der Waals surface area contributed by atoms with Crippen LogP contribution in [0.4, 0.5) is 0 Å². The van der Waals surface area contributed by atoms with Gasteiger partial charge in [0.05, 0.1) is 0 Å². The normalized spacial score (nSPS) is 10.9. The monoisotopic (exact) mass is 244 g/mol. The van der Waals surface area contributed by atoms with Crippen molar-refractivity contribution >= 4 is 11.6 Å². The van der Waals surface area contributed by atoms with Crippen molar-refractivity contribution in [2.24, 2.45) is 0 Å². The quantitative estimate of drug-likeness (QED) is 0.696. The van der Waals surface area contributed by atoms with E-state index in [0.717, 1.165) is 5.82 Å². The molecule has 0 aliphatic heterocycles. The molecule has 0 spiro atoms. The summed E-state index contributed by atoms with van der Waals surface area (Å²) in [6, 6.07) is 1.40. The Labute approximate surface area is 101 Å². The Hall–Kier alpha value is -2.77. The number of aromatic carboxylic acids is 1. The first-order chi connectivity index (χ1) is 8.66. The number of carboxylic acid groups (broad SMARTS) is 1. The Balaban J connectivity index is 2.21. The van der Waals surface area contributed by atoms with E-state index < -0.39 is 5.97 Å². The number of carbonyl (C=O) groups is 1. The average molecular weight is 244 g/mol. The third-order valence-corrected chi connectivity index (χ3v) is 2.50. The minimum atomic E-state index is -1.08. The van der Waals surface area contributed by atoms with Crippen molar-refractivity contribution in [3.05, 3.63) is 36.2 Å². The Bertz CT molecular complexity index is 744. The molecule has 90 valence electrons. The number of rotatable bonds is 2. The molecular formula is C10H8N6O2. The Morgan fingerprint density at radius 3 is 2.89 bits per heavy atom. The third-order valence-electron chi connectivity index (χ3n) is 2.50. The summed E-state index contributed by atoms with van der Waals surface area (Å²) in [5.41, 5.74) is 0.477. The van der Waals surface area contributed by atoms with Gasteiger partial charge in [0, 0.05) is 18.6 Å². The van der Waals surface area contributed by atoms with Gasteiger partial charge in [0.25, 0.3) is 0 Å². The van der Waals surface area contributed by atoms with E-state index in [2.05, 4.69) is 20.3 Å². The molecule has 0 saturated heterocycles. The molecule has 0 radical (unpaired) electrons. The molecule has 0 aromatic carbocycles. The highest BCUT2D eigenvalue weighted by Crippen LogP contribution is 2.11. The van der Waals surface area contributed by atoms with Crippen LogP contribution in [-0.2, 0) is 0 Å². The van der Waals surface area contributed by atoms with E-state index in [4.69, 9.17) is 5.11 Å². The molecule has 0 saturated carbocycles. The van der Waals surface area contributed by atoms with Crippen LogP contribution in [0.15, 0.2) is 24.7 Å². The smallest absolute Gasteiger partial charge is 0.356 e. The van der Waals surface area contributed by atoms with Crippen LogP contribution in [0.5, 0.6) is 0 Å². The molecule has 3 heterocycles. The van der Waals surface area contributed by atoms with Crippen LogP contribution >= 0.6 is 0 Å². The maximum atomic E-state index is 10.8. The summed E-state index contributed by atoms with van der Waals surface area (Å²) in [6.07, 6.45) is 4.84. The Kier molecular flexibility index (Phi) is 2.09. The predicted octanol–water partition coefficient (Wildman–Crippen LogP) is 0.317. The van der Waals surface area contributed by atoms with Crippen LogP contribution in [0.2, 0.25) is 0 Å². The summed E-state index contributed by atoms with van der Waals surface area (Å²) in [5, 5.41) is 20.7. The van der Waals surface area contributed by atoms with Gasteiger partial charge in [-0.25, -0.2) is 14.5 Å². The molecule has 8 heteroatoms. The summed E-state index contributed by atoms with van der Waals surface area (Å²) in [4.78, 5) is 14.9. The SMILES string of the molecule is Cc1nnc2c(-n3ccc(C(=O)O)n3)nccn12. The zero-order valence-electron chi connectivity index (χ0n) is 9.35. The van der Waals surface area contributed by atoms with E-state index in [1.54, 1.807) is 16.8 Å². The van der Waals surface area contributed by atoms with Crippen LogP contribution in [0.3, 0.4) is 0 Å². The fraction of sp³-hybridized carbons (Fsp3) is 0.100. The second-order valence-corrected chi connectivity index (χ2v) is 3.64. The zero-order valence-corrected chi connectivity index (χ0v) is 9.35. The summed E-state index contributed by atoms with van der Waals surface area (Å²) in [7, 11) is 0. The largest absolute Gasteiger partial charge is 0.476 e. The van der Waals surface area contributed by atoms with E-state index in [-0.39, 0.29) is 5.69 Å². The van der Waals surface area contributed by atoms with Crippen LogP contribution in [0, 0.1) is 6.92 Å². The van der Waals surface area contributed by atoms with Gasteiger partial charge in [0.1, 0.15) is 5.82 Å². The number of hydrogen-bond donors (Lipinski definition) is 1. The molecule has 0 unspecified atom stereocenters. The van der Waals surface area contributed by atoms with Crippen molar-refractivity contribution in [1.82, 2.24) is 29.4 Å². The van der Waals surface area contributed by atoms with Crippen molar-refractivity contribution in [3.63, 3.8) is 0 Å². The topological polar surface area (TPSA) is 98.2 Å². The van der Waals surface area contributed by atoms with Gasteiger partial charge in [-0.2, -0.15) is 5.10 Å². The van der Waals surface area contributed by atoms with Crippen molar-refractivity contribution < 1.29 is 9.90 Å². The van der Waals surface area contributed by atoms with Crippen molar-refractivity contribution in [2.75, 3.05) is 0 Å². The highest BCUT2D eigenvalue weighted by Gasteiger charge is 2.13. The molecule has 0 aliphatic rings. The molecule has 3 aromatic heterocycles. The number of hydrogen-bond acceptors (Lipinski definition) is 5. The Morgan fingerprint density at radius 1 is 1.33 bits per heavy atom. The molecule has 0 aliphatic carbocycles. The van der Waals surface area contributed by atoms with Gasteiger partial charge in [0.2, 0.25) is 5.65 Å². The highest BCUT2D eigenvalue weighted by atomic mass is 16.4. The second kappa shape index (κ2) is 3.62. The minimum Gasteiger partial charge on any atom is -0.476 e. The lowest BCUT2D eigenvalue weighted by Crippen LogP contribution is -2.05. The number of fused-ring (bicyclic) bond motifs is 1. The summed E-state index contributed by atoms with van der Waals surface area (Å²) >= 11 is 0. The van der Waals surface area contributed by atoms with Gasteiger partial charge in [0.15, 0.2) is 11.5 Å². The zero-order chi connectivity index (χ0) is 12.7. The highest BCUT2D eigenvalue weighted by molar-refractivity contribution is 5.85. The summed E-state index contributed by atoms with van der Waals surface area (Å²) < 4.78 is 3.12. The first-order valence-electron chi connectivity index (χ1n) is 5.12. The molecule has 0 amide bonds. The maximum absolute atomic E-state index is 10.8. The lowest BCUT2D eigenvalue weighted by molar-refractivity contribution is 0.0690. The van der Waals surface area contributed by atoms with Gasteiger partial charge in [-0.1, -0.05) is 0 Å². The van der Waals surface area contributed by atoms with Gasteiger partial charge < -0.3 is 5.11 Å². The predicted molar refractivity (Wildman–Crippen MR) is 59.6 cm³/mol. The molecule has 18 heavy (non-hydrogen) atoms. The molecule has 0 atom stereocenters. The molecule has 8 nitrogen and oxygen atoms in total. The van der Waals surface area contributed by atoms with Crippen molar-refractivity contribution in [1.29, 1.82) is 0 Å². The summed E-state index contributed by atoms with van der Waals surface area (Å²) in [5.74, 6) is 0.0724. The molecular weight excluding hydrogens is 236 g/mol. The standard InChI is InChI=1S/C10H8N6O2/c1-6-12-13-9-8(11-3-5-15(6)9)16-4-2-7(14-16)10(17)18/h2-5H,1H3,(H,17,18). The Morgan fingerprint density at radius 2 is 2.17 bits per heavy atom. The average Bonchev–Trinajstić information content (AvgIpc) is 2.97. The fourth-order valence-electron chi connectivity index (χ4n) is 1.65. The minimum absolute atomic E-state index is 0.0463. The van der Waals surface area contributed by atoms with Crippen LogP contribution in [0.25, 0.3) is 11.5 Å². The van der Waals surface area contributed by atoms with Gasteiger partial charge >= 0.3 is 5.97 Å². The molecule has 0 bridgehead atoms. The van der Waals surface area contributed by atoms with Crippen LogP contribution in [0.1, 0.15) is 16.3 Å². The summed E-state index contributed by atoms with van der Waals surface area (Å²) in [6.45, 7) is 1.82. The first-order valence-corrected chi connectivity index (χ1v) is 5.12. The van der Waals surface area contributed by atoms with Crippen LogP contribution in [-0.4, -0.2) is 40.4 Å². The third kappa shape index (κ3) is 1.43.